The largest absolute Gasteiger partial charge is 0.398 e. The number of nitrogens with two attached hydrogens (primary N) is 1. The number of nitrogen functional groups attached to an aromatic ring is 1. The summed E-state index contributed by atoms with van der Waals surface area (Å²) in [6, 6.07) is 10.3. The van der Waals surface area contributed by atoms with Gasteiger partial charge in [-0.2, -0.15) is 0 Å². The highest BCUT2D eigenvalue weighted by atomic mass is 35.5. The first-order valence-electron chi connectivity index (χ1n) is 5.78. The Hall–Kier alpha value is -1.12. The summed E-state index contributed by atoms with van der Waals surface area (Å²) < 4.78 is 0. The molecule has 18 heavy (non-hydrogen) atoms. The minimum absolute atomic E-state index is 0.619. The van der Waals surface area contributed by atoms with Crippen molar-refractivity contribution in [1.82, 2.24) is 0 Å². The summed E-state index contributed by atoms with van der Waals surface area (Å²) in [5, 5.41) is 0.619. The minimum Gasteiger partial charge on any atom is -0.398 e. The van der Waals surface area contributed by atoms with Crippen LogP contribution in [0.25, 0.3) is 0 Å². The van der Waals surface area contributed by atoms with E-state index in [4.69, 9.17) is 17.3 Å². The van der Waals surface area contributed by atoms with Crippen molar-refractivity contribution in [3.05, 3.63) is 52.0 Å². The van der Waals surface area contributed by atoms with Crippen LogP contribution in [0.5, 0.6) is 0 Å². The first kappa shape index (κ1) is 13.3. The predicted molar refractivity (Wildman–Crippen MR) is 80.6 cm³/mol. The van der Waals surface area contributed by atoms with E-state index in [9.17, 15) is 0 Å². The minimum atomic E-state index is 0.619. The molecule has 94 valence electrons. The Balaban J connectivity index is 2.40. The van der Waals surface area contributed by atoms with E-state index in [0.717, 1.165) is 10.5 Å². The van der Waals surface area contributed by atoms with Gasteiger partial charge in [-0.05, 0) is 55.7 Å². The molecule has 0 amide bonds. The summed E-state index contributed by atoms with van der Waals surface area (Å²) in [6.45, 7) is 6.28. The molecular formula is C15H16ClNS. The molecule has 0 saturated carbocycles. The second kappa shape index (κ2) is 5.25. The van der Waals surface area contributed by atoms with Gasteiger partial charge in [-0.15, -0.1) is 0 Å². The van der Waals surface area contributed by atoms with Gasteiger partial charge in [0.2, 0.25) is 0 Å². The zero-order chi connectivity index (χ0) is 13.3. The summed E-state index contributed by atoms with van der Waals surface area (Å²) in [5.41, 5.74) is 10.1. The van der Waals surface area contributed by atoms with Crippen LogP contribution in [0.15, 0.2) is 40.1 Å². The molecule has 0 saturated heterocycles. The smallest absolute Gasteiger partial charge is 0.0646 e. The van der Waals surface area contributed by atoms with Gasteiger partial charge in [-0.3, -0.25) is 0 Å². The quantitative estimate of drug-likeness (QED) is 0.782. The number of benzene rings is 2. The Kier molecular flexibility index (Phi) is 3.88. The topological polar surface area (TPSA) is 26.0 Å². The first-order chi connectivity index (χ1) is 8.47. The summed E-state index contributed by atoms with van der Waals surface area (Å²) in [7, 11) is 0. The van der Waals surface area contributed by atoms with Gasteiger partial charge in [0.05, 0.1) is 10.7 Å². The van der Waals surface area contributed by atoms with Gasteiger partial charge in [0.25, 0.3) is 0 Å². The third-order valence-corrected chi connectivity index (χ3v) is 4.50. The summed E-state index contributed by atoms with van der Waals surface area (Å²) in [5.74, 6) is 0. The first-order valence-corrected chi connectivity index (χ1v) is 6.97. The van der Waals surface area contributed by atoms with Gasteiger partial charge in [0, 0.05) is 9.79 Å². The zero-order valence-corrected chi connectivity index (χ0v) is 12.3. The van der Waals surface area contributed by atoms with Crippen molar-refractivity contribution in [2.45, 2.75) is 30.6 Å². The molecule has 2 rings (SSSR count). The van der Waals surface area contributed by atoms with Gasteiger partial charge < -0.3 is 5.73 Å². The van der Waals surface area contributed by atoms with Crippen LogP contribution in [0.1, 0.15) is 16.7 Å². The van der Waals surface area contributed by atoms with Crippen molar-refractivity contribution in [2.75, 3.05) is 5.73 Å². The molecule has 2 aromatic rings. The van der Waals surface area contributed by atoms with Gasteiger partial charge in [0.1, 0.15) is 0 Å². The normalized spacial score (nSPS) is 10.7. The Labute approximate surface area is 117 Å². The molecule has 0 heterocycles. The van der Waals surface area contributed by atoms with Crippen molar-refractivity contribution in [1.29, 1.82) is 0 Å². The van der Waals surface area contributed by atoms with Crippen LogP contribution in [0.4, 0.5) is 5.69 Å². The second-order valence-corrected chi connectivity index (χ2v) is 6.00. The number of halogens is 1. The molecule has 2 N–H and O–H groups in total. The fourth-order valence-corrected chi connectivity index (χ4v) is 3.07. The maximum absolute atomic E-state index is 6.08. The maximum atomic E-state index is 6.08. The lowest BCUT2D eigenvalue weighted by atomic mass is 10.2. The number of hydrogen-bond acceptors (Lipinski definition) is 2. The molecule has 0 aromatic heterocycles. The number of anilines is 1. The van der Waals surface area contributed by atoms with Gasteiger partial charge in [-0.25, -0.2) is 0 Å². The number of aryl methyl sites for hydroxylation is 3. The van der Waals surface area contributed by atoms with Crippen LogP contribution in [-0.2, 0) is 0 Å². The van der Waals surface area contributed by atoms with E-state index >= 15 is 0 Å². The Morgan fingerprint density at radius 1 is 0.944 bits per heavy atom. The molecule has 0 atom stereocenters. The standard InChI is InChI=1S/C15H16ClNS/c1-9-4-5-10(2)14(6-9)18-15-8-12(16)13(17)7-11(15)3/h4-8H,17H2,1-3H3. The lowest BCUT2D eigenvalue weighted by Crippen LogP contribution is -1.90. The van der Waals surface area contributed by atoms with Crippen molar-refractivity contribution in [3.8, 4) is 0 Å². The van der Waals surface area contributed by atoms with E-state index in [2.05, 4.69) is 39.0 Å². The lowest BCUT2D eigenvalue weighted by Gasteiger charge is -2.10. The highest BCUT2D eigenvalue weighted by Gasteiger charge is 2.07. The molecule has 0 unspecified atom stereocenters. The van der Waals surface area contributed by atoms with Gasteiger partial charge in [0.15, 0.2) is 0 Å². The van der Waals surface area contributed by atoms with E-state index in [0.29, 0.717) is 10.7 Å². The summed E-state index contributed by atoms with van der Waals surface area (Å²) in [4.78, 5) is 2.42. The average molecular weight is 278 g/mol. The average Bonchev–Trinajstić information content (AvgIpc) is 2.30. The molecule has 0 bridgehead atoms. The fourth-order valence-electron chi connectivity index (χ4n) is 1.73. The molecule has 0 aliphatic carbocycles. The fraction of sp³-hybridized carbons (Fsp3) is 0.200. The zero-order valence-electron chi connectivity index (χ0n) is 10.8. The highest BCUT2D eigenvalue weighted by molar-refractivity contribution is 7.99. The molecule has 1 nitrogen and oxygen atoms in total. The van der Waals surface area contributed by atoms with Crippen molar-refractivity contribution < 1.29 is 0 Å². The third-order valence-electron chi connectivity index (χ3n) is 2.86. The van der Waals surface area contributed by atoms with E-state index in [-0.39, 0.29) is 0 Å². The molecule has 0 spiro atoms. The van der Waals surface area contributed by atoms with Crippen LogP contribution < -0.4 is 5.73 Å². The predicted octanol–water partition coefficient (Wildman–Crippen LogP) is 5.00. The number of hydrogen-bond donors (Lipinski definition) is 1. The van der Waals surface area contributed by atoms with Crippen LogP contribution in [0, 0.1) is 20.8 Å². The monoisotopic (exact) mass is 277 g/mol. The van der Waals surface area contributed by atoms with Crippen LogP contribution in [0.2, 0.25) is 5.02 Å². The van der Waals surface area contributed by atoms with Crippen molar-refractivity contribution in [2.24, 2.45) is 0 Å². The lowest BCUT2D eigenvalue weighted by molar-refractivity contribution is 1.24. The summed E-state index contributed by atoms with van der Waals surface area (Å²) in [6.07, 6.45) is 0. The molecule has 0 aliphatic rings. The van der Waals surface area contributed by atoms with E-state index in [1.807, 2.05) is 12.1 Å². The van der Waals surface area contributed by atoms with Crippen molar-refractivity contribution >= 4 is 29.1 Å². The summed E-state index contributed by atoms with van der Waals surface area (Å²) >= 11 is 7.82. The van der Waals surface area contributed by atoms with E-state index in [1.54, 1.807) is 11.8 Å². The van der Waals surface area contributed by atoms with Gasteiger partial charge >= 0.3 is 0 Å². The Bertz CT molecular complexity index is 593. The number of rotatable bonds is 2. The third kappa shape index (κ3) is 2.82. The molecular weight excluding hydrogens is 262 g/mol. The van der Waals surface area contributed by atoms with Crippen LogP contribution in [-0.4, -0.2) is 0 Å². The Morgan fingerprint density at radius 2 is 1.61 bits per heavy atom. The molecule has 2 aromatic carbocycles. The van der Waals surface area contributed by atoms with Crippen LogP contribution >= 0.6 is 23.4 Å². The highest BCUT2D eigenvalue weighted by Crippen LogP contribution is 2.36. The molecule has 0 radical (unpaired) electrons. The van der Waals surface area contributed by atoms with Crippen LogP contribution in [0.3, 0.4) is 0 Å². The SMILES string of the molecule is Cc1ccc(C)c(Sc2cc(Cl)c(N)cc2C)c1. The molecule has 3 heteroatoms. The Morgan fingerprint density at radius 3 is 2.33 bits per heavy atom. The van der Waals surface area contributed by atoms with E-state index in [1.165, 1.54) is 16.0 Å². The van der Waals surface area contributed by atoms with Gasteiger partial charge in [-0.1, -0.05) is 35.5 Å². The second-order valence-electron chi connectivity index (χ2n) is 4.51. The van der Waals surface area contributed by atoms with E-state index < -0.39 is 0 Å². The maximum Gasteiger partial charge on any atom is 0.0646 e. The van der Waals surface area contributed by atoms with Crippen molar-refractivity contribution in [3.63, 3.8) is 0 Å². The molecule has 0 fully saturated rings. The molecule has 0 aliphatic heterocycles.